The van der Waals surface area contributed by atoms with Crippen molar-refractivity contribution in [2.24, 2.45) is 5.73 Å². The summed E-state index contributed by atoms with van der Waals surface area (Å²) >= 11 is 0. The van der Waals surface area contributed by atoms with Gasteiger partial charge in [-0.25, -0.2) is 4.57 Å². The first-order valence-corrected chi connectivity index (χ1v) is 18.8. The van der Waals surface area contributed by atoms with Crippen molar-refractivity contribution in [3.63, 3.8) is 0 Å². The molecule has 0 amide bonds. The molecule has 0 saturated carbocycles. The molecule has 0 aliphatic carbocycles. The molecule has 0 spiro atoms. The van der Waals surface area contributed by atoms with Crippen LogP contribution >= 0.6 is 7.82 Å². The summed E-state index contributed by atoms with van der Waals surface area (Å²) in [6.45, 7) is 4.64. The third kappa shape index (κ3) is 33.4. The molecule has 9 heteroatoms. The van der Waals surface area contributed by atoms with E-state index in [0.29, 0.717) is 13.0 Å². The Kier molecular flexibility index (Phi) is 32.2. The fourth-order valence-corrected chi connectivity index (χ4v) is 4.93. The standard InChI is InChI=1S/C36H64NO7P/c1-3-5-7-9-11-13-15-16-17-18-19-21-23-25-27-29-36(38)44-35(34-43-45(39,40)42-32-30-37)33-41-31-28-26-24-22-20-14-12-10-8-6-4-2/h5,7-8,10-11,13,16-17,19,21,35H,3-4,6,9,12,14-15,18,20,22-34,37H2,1-2H3,(H,39,40)/b7-5-,10-8-,13-11-,17-16-,21-19-. The van der Waals surface area contributed by atoms with Gasteiger partial charge in [0.15, 0.2) is 0 Å². The van der Waals surface area contributed by atoms with Crippen LogP contribution in [0, 0.1) is 0 Å². The molecule has 0 aromatic heterocycles. The number of phosphoric ester groups is 1. The molecule has 3 N–H and O–H groups in total. The highest BCUT2D eigenvalue weighted by Gasteiger charge is 2.25. The summed E-state index contributed by atoms with van der Waals surface area (Å²) in [7, 11) is -4.28. The highest BCUT2D eigenvalue weighted by Crippen LogP contribution is 2.43. The number of unbranched alkanes of at least 4 members (excludes halogenated alkanes) is 9. The number of rotatable bonds is 32. The summed E-state index contributed by atoms with van der Waals surface area (Å²) in [6.07, 6.45) is 38.1. The number of carbonyl (C=O) groups is 1. The van der Waals surface area contributed by atoms with Gasteiger partial charge < -0.3 is 20.1 Å². The Morgan fingerprint density at radius 3 is 1.89 bits per heavy atom. The number of nitrogens with two attached hydrogens (primary N) is 1. The normalized spacial score (nSPS) is 14.5. The van der Waals surface area contributed by atoms with Crippen molar-refractivity contribution in [1.82, 2.24) is 0 Å². The van der Waals surface area contributed by atoms with Gasteiger partial charge in [0, 0.05) is 19.6 Å². The molecule has 2 atom stereocenters. The summed E-state index contributed by atoms with van der Waals surface area (Å²) in [5, 5.41) is 0. The van der Waals surface area contributed by atoms with Crippen molar-refractivity contribution in [3.05, 3.63) is 60.8 Å². The SMILES string of the molecule is CC/C=C\C/C=C\C/C=C\C/C=C\CCCCC(=O)OC(COCCCCCCCC/C=C\CCC)COP(=O)(O)OCCN. The summed E-state index contributed by atoms with van der Waals surface area (Å²) in [6, 6.07) is 0. The Morgan fingerprint density at radius 2 is 1.24 bits per heavy atom. The number of carbonyl (C=O) groups excluding carboxylic acids is 1. The summed E-state index contributed by atoms with van der Waals surface area (Å²) in [4.78, 5) is 22.3. The lowest BCUT2D eigenvalue weighted by molar-refractivity contribution is -0.154. The smallest absolute Gasteiger partial charge is 0.457 e. The molecule has 260 valence electrons. The second kappa shape index (κ2) is 33.6. The lowest BCUT2D eigenvalue weighted by Gasteiger charge is -2.20. The van der Waals surface area contributed by atoms with Gasteiger partial charge in [-0.15, -0.1) is 0 Å². The largest absolute Gasteiger partial charge is 0.472 e. The van der Waals surface area contributed by atoms with E-state index in [0.717, 1.165) is 64.2 Å². The van der Waals surface area contributed by atoms with Crippen LogP contribution in [0.2, 0.25) is 0 Å². The molecular weight excluding hydrogens is 589 g/mol. The van der Waals surface area contributed by atoms with Gasteiger partial charge in [-0.05, 0) is 70.6 Å². The van der Waals surface area contributed by atoms with Crippen molar-refractivity contribution >= 4 is 13.8 Å². The van der Waals surface area contributed by atoms with Crippen molar-refractivity contribution in [2.45, 2.75) is 129 Å². The average molecular weight is 654 g/mol. The Morgan fingerprint density at radius 1 is 0.689 bits per heavy atom. The molecule has 0 fully saturated rings. The zero-order chi connectivity index (χ0) is 33.1. The van der Waals surface area contributed by atoms with Gasteiger partial charge in [0.25, 0.3) is 0 Å². The van der Waals surface area contributed by atoms with Crippen LogP contribution in [-0.2, 0) is 27.9 Å². The van der Waals surface area contributed by atoms with Crippen molar-refractivity contribution in [2.75, 3.05) is 33.0 Å². The molecule has 8 nitrogen and oxygen atoms in total. The molecule has 0 aliphatic heterocycles. The molecule has 0 rings (SSSR count). The summed E-state index contributed by atoms with van der Waals surface area (Å²) in [5.74, 6) is -0.377. The second-order valence-electron chi connectivity index (χ2n) is 11.0. The Labute approximate surface area is 274 Å². The molecule has 0 aromatic carbocycles. The first kappa shape index (κ1) is 43.2. The van der Waals surface area contributed by atoms with Gasteiger partial charge in [0.05, 0.1) is 19.8 Å². The van der Waals surface area contributed by atoms with E-state index in [2.05, 4.69) is 74.6 Å². The fraction of sp³-hybridized carbons (Fsp3) is 0.694. The van der Waals surface area contributed by atoms with Crippen LogP contribution < -0.4 is 5.73 Å². The van der Waals surface area contributed by atoms with E-state index >= 15 is 0 Å². The maximum atomic E-state index is 12.5. The van der Waals surface area contributed by atoms with E-state index in [1.165, 1.54) is 32.1 Å². The van der Waals surface area contributed by atoms with E-state index in [1.807, 2.05) is 0 Å². The van der Waals surface area contributed by atoms with Gasteiger partial charge >= 0.3 is 13.8 Å². The topological polar surface area (TPSA) is 117 Å². The summed E-state index contributed by atoms with van der Waals surface area (Å²) in [5.41, 5.74) is 5.33. The van der Waals surface area contributed by atoms with Crippen LogP contribution in [0.4, 0.5) is 0 Å². The summed E-state index contributed by atoms with van der Waals surface area (Å²) < 4.78 is 33.1. The zero-order valence-electron chi connectivity index (χ0n) is 28.3. The van der Waals surface area contributed by atoms with Crippen molar-refractivity contribution in [3.8, 4) is 0 Å². The molecule has 2 unspecified atom stereocenters. The predicted molar refractivity (Wildman–Crippen MR) is 187 cm³/mol. The van der Waals surface area contributed by atoms with Gasteiger partial charge in [0.1, 0.15) is 6.10 Å². The van der Waals surface area contributed by atoms with E-state index < -0.39 is 13.9 Å². The van der Waals surface area contributed by atoms with Crippen LogP contribution in [0.3, 0.4) is 0 Å². The molecule has 0 heterocycles. The molecule has 0 aromatic rings. The number of hydrogen-bond acceptors (Lipinski definition) is 7. The Bertz CT molecular complexity index is 869. The van der Waals surface area contributed by atoms with Crippen molar-refractivity contribution in [1.29, 1.82) is 0 Å². The second-order valence-corrected chi connectivity index (χ2v) is 12.4. The minimum Gasteiger partial charge on any atom is -0.457 e. The molecule has 45 heavy (non-hydrogen) atoms. The van der Waals surface area contributed by atoms with E-state index in [1.54, 1.807) is 0 Å². The highest BCUT2D eigenvalue weighted by atomic mass is 31.2. The third-order valence-electron chi connectivity index (χ3n) is 6.65. The monoisotopic (exact) mass is 653 g/mol. The highest BCUT2D eigenvalue weighted by molar-refractivity contribution is 7.47. The van der Waals surface area contributed by atoms with Gasteiger partial charge in [0.2, 0.25) is 0 Å². The van der Waals surface area contributed by atoms with Gasteiger partial charge in [-0.1, -0.05) is 107 Å². The van der Waals surface area contributed by atoms with Crippen LogP contribution in [0.1, 0.15) is 123 Å². The van der Waals surface area contributed by atoms with Crippen molar-refractivity contribution < 1.29 is 32.8 Å². The van der Waals surface area contributed by atoms with Crippen LogP contribution in [0.5, 0.6) is 0 Å². The predicted octanol–water partition coefficient (Wildman–Crippen LogP) is 9.46. The number of hydrogen-bond donors (Lipinski definition) is 2. The van der Waals surface area contributed by atoms with Crippen LogP contribution in [0.15, 0.2) is 60.8 Å². The fourth-order valence-electron chi connectivity index (χ4n) is 4.16. The average Bonchev–Trinajstić information content (AvgIpc) is 3.02. The molecule has 0 aliphatic rings. The molecule has 0 bridgehead atoms. The molecule has 0 radical (unpaired) electrons. The first-order valence-electron chi connectivity index (χ1n) is 17.3. The van der Waals surface area contributed by atoms with E-state index in [9.17, 15) is 14.3 Å². The zero-order valence-corrected chi connectivity index (χ0v) is 29.2. The molecular formula is C36H64NO7P. The number of ether oxygens (including phenoxy) is 2. The van der Waals surface area contributed by atoms with E-state index in [4.69, 9.17) is 24.3 Å². The van der Waals surface area contributed by atoms with Crippen LogP contribution in [0.25, 0.3) is 0 Å². The Balaban J connectivity index is 4.25. The number of phosphoric acid groups is 1. The van der Waals surface area contributed by atoms with Crippen LogP contribution in [-0.4, -0.2) is 49.9 Å². The van der Waals surface area contributed by atoms with Gasteiger partial charge in [-0.2, -0.15) is 0 Å². The first-order chi connectivity index (χ1) is 21.9. The number of allylic oxidation sites excluding steroid dienone is 10. The maximum absolute atomic E-state index is 12.5. The van der Waals surface area contributed by atoms with E-state index in [-0.39, 0.29) is 38.8 Å². The number of esters is 1. The Hall–Kier alpha value is -1.80. The third-order valence-corrected chi connectivity index (χ3v) is 7.63. The maximum Gasteiger partial charge on any atom is 0.472 e. The molecule has 0 saturated heterocycles. The minimum absolute atomic E-state index is 0.0896. The lowest BCUT2D eigenvalue weighted by Crippen LogP contribution is -2.28. The minimum atomic E-state index is -4.28. The quantitative estimate of drug-likeness (QED) is 0.0319. The lowest BCUT2D eigenvalue weighted by atomic mass is 10.1. The van der Waals surface area contributed by atoms with Gasteiger partial charge in [-0.3, -0.25) is 13.8 Å².